The van der Waals surface area contributed by atoms with Crippen LogP contribution in [0.5, 0.6) is 17.2 Å². The Morgan fingerprint density at radius 2 is 1.72 bits per heavy atom. The standard InChI is InChI=1S/C24H31N5O2.HI/c1-6-25-24(27-16-21-17(2)28-29(4)18(21)3)26-15-19-11-13-20(14-12-19)31-23-10-8-7-9-22(23)30-5;/h7-14H,6,15-16H2,1-5H3,(H2,25,26,27);1H. The fourth-order valence-corrected chi connectivity index (χ4v) is 3.25. The maximum Gasteiger partial charge on any atom is 0.191 e. The average molecular weight is 549 g/mol. The largest absolute Gasteiger partial charge is 0.493 e. The molecule has 32 heavy (non-hydrogen) atoms. The van der Waals surface area contributed by atoms with E-state index in [1.54, 1.807) is 7.11 Å². The van der Waals surface area contributed by atoms with Gasteiger partial charge in [-0.05, 0) is 50.6 Å². The number of halogens is 1. The van der Waals surface area contributed by atoms with Crippen LogP contribution in [0.2, 0.25) is 0 Å². The Morgan fingerprint density at radius 3 is 2.31 bits per heavy atom. The second-order valence-corrected chi connectivity index (χ2v) is 7.22. The molecule has 3 rings (SSSR count). The summed E-state index contributed by atoms with van der Waals surface area (Å²) in [5, 5.41) is 11.2. The molecule has 0 bridgehead atoms. The zero-order chi connectivity index (χ0) is 22.2. The normalized spacial score (nSPS) is 11.0. The van der Waals surface area contributed by atoms with Crippen molar-refractivity contribution in [3.8, 4) is 17.2 Å². The van der Waals surface area contributed by atoms with E-state index >= 15 is 0 Å². The van der Waals surface area contributed by atoms with Gasteiger partial charge < -0.3 is 20.1 Å². The molecule has 7 nitrogen and oxygen atoms in total. The first-order valence-electron chi connectivity index (χ1n) is 10.4. The van der Waals surface area contributed by atoms with Crippen molar-refractivity contribution in [3.63, 3.8) is 0 Å². The molecule has 8 heteroatoms. The minimum absolute atomic E-state index is 0. The van der Waals surface area contributed by atoms with Gasteiger partial charge in [0.05, 0.1) is 19.3 Å². The summed E-state index contributed by atoms with van der Waals surface area (Å²) in [5.74, 6) is 2.93. The molecule has 1 heterocycles. The number of aryl methyl sites for hydroxylation is 2. The number of para-hydroxylation sites is 2. The Kier molecular flexibility index (Phi) is 9.83. The van der Waals surface area contributed by atoms with E-state index in [1.807, 2.05) is 67.2 Å². The van der Waals surface area contributed by atoms with Crippen LogP contribution in [0.1, 0.15) is 29.4 Å². The number of guanidine groups is 1. The quantitative estimate of drug-likeness (QED) is 0.242. The van der Waals surface area contributed by atoms with Gasteiger partial charge in [0.1, 0.15) is 5.75 Å². The number of benzene rings is 2. The number of hydrogen-bond donors (Lipinski definition) is 2. The van der Waals surface area contributed by atoms with Crippen LogP contribution in [0.25, 0.3) is 0 Å². The lowest BCUT2D eigenvalue weighted by atomic mass is 10.2. The summed E-state index contributed by atoms with van der Waals surface area (Å²) in [4.78, 5) is 4.71. The first-order chi connectivity index (χ1) is 15.0. The Balaban J connectivity index is 0.00000363. The Labute approximate surface area is 207 Å². The lowest BCUT2D eigenvalue weighted by Gasteiger charge is -2.12. The topological polar surface area (TPSA) is 72.7 Å². The molecular weight excluding hydrogens is 517 g/mol. The number of methoxy groups -OCH3 is 1. The van der Waals surface area contributed by atoms with E-state index in [-0.39, 0.29) is 24.0 Å². The predicted molar refractivity (Wildman–Crippen MR) is 139 cm³/mol. The highest BCUT2D eigenvalue weighted by Crippen LogP contribution is 2.30. The van der Waals surface area contributed by atoms with E-state index in [2.05, 4.69) is 29.6 Å². The molecule has 2 aromatic carbocycles. The molecule has 0 aliphatic rings. The molecule has 2 N–H and O–H groups in total. The van der Waals surface area contributed by atoms with Crippen LogP contribution in [0.3, 0.4) is 0 Å². The van der Waals surface area contributed by atoms with Crippen molar-refractivity contribution in [2.75, 3.05) is 13.7 Å². The van der Waals surface area contributed by atoms with Crippen molar-refractivity contribution >= 4 is 29.9 Å². The van der Waals surface area contributed by atoms with Gasteiger partial charge in [-0.3, -0.25) is 4.68 Å². The zero-order valence-electron chi connectivity index (χ0n) is 19.3. The van der Waals surface area contributed by atoms with Crippen LogP contribution >= 0.6 is 24.0 Å². The van der Waals surface area contributed by atoms with Crippen LogP contribution in [-0.4, -0.2) is 29.4 Å². The monoisotopic (exact) mass is 549 g/mol. The number of ether oxygens (including phenoxy) is 2. The molecule has 3 aromatic rings. The molecule has 0 fully saturated rings. The molecule has 0 spiro atoms. The second kappa shape index (κ2) is 12.3. The third-order valence-electron chi connectivity index (χ3n) is 5.08. The molecule has 0 atom stereocenters. The lowest BCUT2D eigenvalue weighted by Crippen LogP contribution is -2.37. The molecule has 0 radical (unpaired) electrons. The summed E-state index contributed by atoms with van der Waals surface area (Å²) in [7, 11) is 3.60. The van der Waals surface area contributed by atoms with E-state index in [0.717, 1.165) is 35.2 Å². The van der Waals surface area contributed by atoms with Crippen molar-refractivity contribution in [1.29, 1.82) is 0 Å². The van der Waals surface area contributed by atoms with Gasteiger partial charge in [0, 0.05) is 31.4 Å². The summed E-state index contributed by atoms with van der Waals surface area (Å²) in [5.41, 5.74) is 4.49. The SMILES string of the molecule is CCNC(=NCc1ccc(Oc2ccccc2OC)cc1)NCc1c(C)nn(C)c1C.I. The molecule has 172 valence electrons. The molecule has 0 saturated heterocycles. The van der Waals surface area contributed by atoms with Gasteiger partial charge in [-0.15, -0.1) is 24.0 Å². The lowest BCUT2D eigenvalue weighted by molar-refractivity contribution is 0.379. The van der Waals surface area contributed by atoms with Crippen molar-refractivity contribution in [2.24, 2.45) is 12.0 Å². The van der Waals surface area contributed by atoms with Gasteiger partial charge in [-0.25, -0.2) is 4.99 Å². The second-order valence-electron chi connectivity index (χ2n) is 7.22. The molecule has 0 aliphatic heterocycles. The maximum absolute atomic E-state index is 5.94. The first kappa shape index (κ1) is 25.5. The molecular formula is C24H32IN5O2. The number of nitrogens with one attached hydrogen (secondary N) is 2. The van der Waals surface area contributed by atoms with Crippen LogP contribution in [-0.2, 0) is 20.1 Å². The number of nitrogens with zero attached hydrogens (tertiary/aromatic N) is 3. The van der Waals surface area contributed by atoms with Gasteiger partial charge in [-0.1, -0.05) is 24.3 Å². The number of rotatable bonds is 8. The fraction of sp³-hybridized carbons (Fsp3) is 0.333. The van der Waals surface area contributed by atoms with E-state index < -0.39 is 0 Å². The first-order valence-corrected chi connectivity index (χ1v) is 10.4. The smallest absolute Gasteiger partial charge is 0.191 e. The Bertz CT molecular complexity index is 1030. The van der Waals surface area contributed by atoms with E-state index in [4.69, 9.17) is 14.5 Å². The highest BCUT2D eigenvalue weighted by Gasteiger charge is 2.10. The molecule has 0 aliphatic carbocycles. The summed E-state index contributed by atoms with van der Waals surface area (Å²) in [6, 6.07) is 15.5. The maximum atomic E-state index is 5.94. The van der Waals surface area contributed by atoms with Crippen LogP contribution in [0.4, 0.5) is 0 Å². The van der Waals surface area contributed by atoms with Crippen molar-refractivity contribution in [1.82, 2.24) is 20.4 Å². The Hall–Kier alpha value is -2.75. The number of aliphatic imine (C=N–C) groups is 1. The Morgan fingerprint density at radius 1 is 1.03 bits per heavy atom. The highest BCUT2D eigenvalue weighted by atomic mass is 127. The van der Waals surface area contributed by atoms with Crippen molar-refractivity contribution in [2.45, 2.75) is 33.9 Å². The van der Waals surface area contributed by atoms with E-state index in [0.29, 0.717) is 24.6 Å². The van der Waals surface area contributed by atoms with Gasteiger partial charge >= 0.3 is 0 Å². The summed E-state index contributed by atoms with van der Waals surface area (Å²) in [6.07, 6.45) is 0. The van der Waals surface area contributed by atoms with Crippen LogP contribution in [0.15, 0.2) is 53.5 Å². The van der Waals surface area contributed by atoms with Crippen molar-refractivity contribution in [3.05, 3.63) is 71.0 Å². The minimum Gasteiger partial charge on any atom is -0.493 e. The number of aromatic nitrogens is 2. The third-order valence-corrected chi connectivity index (χ3v) is 5.08. The minimum atomic E-state index is 0. The molecule has 0 saturated carbocycles. The zero-order valence-corrected chi connectivity index (χ0v) is 21.6. The number of hydrogen-bond acceptors (Lipinski definition) is 4. The van der Waals surface area contributed by atoms with E-state index in [1.165, 1.54) is 5.56 Å². The third kappa shape index (κ3) is 6.62. The fourth-order valence-electron chi connectivity index (χ4n) is 3.25. The molecule has 0 amide bonds. The van der Waals surface area contributed by atoms with Gasteiger partial charge in [-0.2, -0.15) is 5.10 Å². The summed E-state index contributed by atoms with van der Waals surface area (Å²) >= 11 is 0. The molecule has 1 aromatic heterocycles. The van der Waals surface area contributed by atoms with Gasteiger partial charge in [0.25, 0.3) is 0 Å². The van der Waals surface area contributed by atoms with Crippen LogP contribution in [0, 0.1) is 13.8 Å². The van der Waals surface area contributed by atoms with Crippen LogP contribution < -0.4 is 20.1 Å². The van der Waals surface area contributed by atoms with E-state index in [9.17, 15) is 0 Å². The molecule has 0 unspecified atom stereocenters. The average Bonchev–Trinajstić information content (AvgIpc) is 3.02. The highest BCUT2D eigenvalue weighted by molar-refractivity contribution is 14.0. The summed E-state index contributed by atoms with van der Waals surface area (Å²) in [6.45, 7) is 8.21. The predicted octanol–water partition coefficient (Wildman–Crippen LogP) is 4.71. The van der Waals surface area contributed by atoms with Crippen molar-refractivity contribution < 1.29 is 9.47 Å². The van der Waals surface area contributed by atoms with Gasteiger partial charge in [0.15, 0.2) is 17.5 Å². The van der Waals surface area contributed by atoms with Gasteiger partial charge in [0.2, 0.25) is 0 Å². The summed E-state index contributed by atoms with van der Waals surface area (Å²) < 4.78 is 13.2.